The highest BCUT2D eigenvalue weighted by molar-refractivity contribution is 8.01. The summed E-state index contributed by atoms with van der Waals surface area (Å²) in [7, 11) is 0. The number of benzene rings is 2. The molecule has 0 bridgehead atoms. The van der Waals surface area contributed by atoms with Crippen LogP contribution < -0.4 is 11.1 Å². The lowest BCUT2D eigenvalue weighted by atomic mass is 10.1. The van der Waals surface area contributed by atoms with E-state index >= 15 is 0 Å². The molecule has 8 heteroatoms. The Labute approximate surface area is 157 Å². The quantitative estimate of drug-likeness (QED) is 0.631. The Balaban J connectivity index is 1.92. The van der Waals surface area contributed by atoms with Gasteiger partial charge in [-0.3, -0.25) is 9.59 Å². The van der Waals surface area contributed by atoms with E-state index in [1.807, 2.05) is 30.3 Å². The maximum absolute atomic E-state index is 13.9. The first kappa shape index (κ1) is 18.1. The molecule has 26 heavy (non-hydrogen) atoms. The van der Waals surface area contributed by atoms with E-state index in [4.69, 9.17) is 5.73 Å². The van der Waals surface area contributed by atoms with Gasteiger partial charge in [-0.05, 0) is 12.1 Å². The number of carbonyl (C=O) groups excluding carboxylic acids is 2. The summed E-state index contributed by atoms with van der Waals surface area (Å²) in [5, 5.41) is 3.20. The van der Waals surface area contributed by atoms with Crippen molar-refractivity contribution in [3.8, 4) is 11.3 Å². The number of amides is 2. The normalized spacial score (nSPS) is 10.5. The number of hydrogen-bond donors (Lipinski definition) is 2. The Hall–Kier alpha value is -2.71. The molecule has 0 radical (unpaired) electrons. The second-order valence-corrected chi connectivity index (χ2v) is 7.43. The summed E-state index contributed by atoms with van der Waals surface area (Å²) in [6, 6.07) is 15.1. The summed E-state index contributed by atoms with van der Waals surface area (Å²) >= 11 is 2.41. The molecule has 0 aliphatic rings. The molecule has 3 N–H and O–H groups in total. The van der Waals surface area contributed by atoms with E-state index in [1.165, 1.54) is 41.3 Å². The number of hydrogen-bond acceptors (Lipinski definition) is 5. The minimum atomic E-state index is -0.598. The summed E-state index contributed by atoms with van der Waals surface area (Å²) in [5.41, 5.74) is 6.49. The van der Waals surface area contributed by atoms with Gasteiger partial charge in [-0.15, -0.1) is 0 Å². The first-order chi connectivity index (χ1) is 12.5. The average molecular weight is 387 g/mol. The van der Waals surface area contributed by atoms with Crippen molar-refractivity contribution in [2.24, 2.45) is 5.73 Å². The predicted molar refractivity (Wildman–Crippen MR) is 102 cm³/mol. The number of anilines is 1. The van der Waals surface area contributed by atoms with Crippen LogP contribution in [0.4, 0.5) is 9.39 Å². The van der Waals surface area contributed by atoms with E-state index in [0.29, 0.717) is 15.0 Å². The lowest BCUT2D eigenvalue weighted by Crippen LogP contribution is -2.13. The number of carbonyl (C=O) groups is 2. The van der Waals surface area contributed by atoms with Crippen LogP contribution in [0.2, 0.25) is 0 Å². The Morgan fingerprint density at radius 3 is 2.50 bits per heavy atom. The minimum Gasteiger partial charge on any atom is -0.369 e. The fourth-order valence-corrected chi connectivity index (χ4v) is 3.99. The van der Waals surface area contributed by atoms with Gasteiger partial charge in [-0.2, -0.15) is 0 Å². The topological polar surface area (TPSA) is 85.1 Å². The number of nitrogens with zero attached hydrogens (tertiary/aromatic N) is 1. The van der Waals surface area contributed by atoms with Crippen LogP contribution in [0.5, 0.6) is 0 Å². The Morgan fingerprint density at radius 1 is 1.12 bits per heavy atom. The number of nitrogens with one attached hydrogen (secondary N) is 1. The zero-order valence-electron chi connectivity index (χ0n) is 13.4. The molecule has 0 fully saturated rings. The van der Waals surface area contributed by atoms with Gasteiger partial charge < -0.3 is 11.1 Å². The van der Waals surface area contributed by atoms with E-state index in [-0.39, 0.29) is 11.3 Å². The third-order valence-electron chi connectivity index (χ3n) is 3.34. The molecule has 0 spiro atoms. The Bertz CT molecular complexity index is 945. The molecule has 0 unspecified atom stereocenters. The van der Waals surface area contributed by atoms with Crippen molar-refractivity contribution < 1.29 is 14.0 Å². The predicted octanol–water partition coefficient (Wildman–Crippen LogP) is 3.78. The fourth-order valence-electron chi connectivity index (χ4n) is 2.19. The summed E-state index contributed by atoms with van der Waals surface area (Å²) in [4.78, 5) is 27.9. The van der Waals surface area contributed by atoms with Gasteiger partial charge in [-0.25, -0.2) is 9.37 Å². The molecule has 0 saturated carbocycles. The molecular weight excluding hydrogens is 373 g/mol. The third kappa shape index (κ3) is 4.27. The molecule has 0 saturated heterocycles. The van der Waals surface area contributed by atoms with Gasteiger partial charge in [0.25, 0.3) is 5.91 Å². The standard InChI is InChI=1S/C18H14FN3O2S2/c19-13-9-5-4-8-12(13)16(24)22-17-15(11-6-2-1-3-7-11)21-18(26-17)25-10-14(20)23/h1-9H,10H2,(H2,20,23)(H,22,24). The molecule has 132 valence electrons. The van der Waals surface area contributed by atoms with Crippen LogP contribution in [0, 0.1) is 5.82 Å². The van der Waals surface area contributed by atoms with Gasteiger partial charge in [0.1, 0.15) is 16.5 Å². The monoisotopic (exact) mass is 387 g/mol. The molecule has 3 aromatic rings. The maximum Gasteiger partial charge on any atom is 0.259 e. The largest absolute Gasteiger partial charge is 0.369 e. The summed E-state index contributed by atoms with van der Waals surface area (Å²) in [5.74, 6) is -1.53. The molecular formula is C18H14FN3O2S2. The Morgan fingerprint density at radius 2 is 1.81 bits per heavy atom. The van der Waals surface area contributed by atoms with E-state index in [0.717, 1.165) is 5.56 Å². The van der Waals surface area contributed by atoms with Crippen molar-refractivity contribution in [1.29, 1.82) is 0 Å². The fraction of sp³-hybridized carbons (Fsp3) is 0.0556. The molecule has 2 aromatic carbocycles. The third-order valence-corrected chi connectivity index (χ3v) is 5.47. The highest BCUT2D eigenvalue weighted by Crippen LogP contribution is 2.37. The van der Waals surface area contributed by atoms with Crippen molar-refractivity contribution in [2.75, 3.05) is 11.1 Å². The van der Waals surface area contributed by atoms with Crippen molar-refractivity contribution in [3.05, 3.63) is 66.0 Å². The molecule has 0 atom stereocenters. The van der Waals surface area contributed by atoms with Crippen molar-refractivity contribution in [2.45, 2.75) is 4.34 Å². The minimum absolute atomic E-state index is 0.0498. The van der Waals surface area contributed by atoms with Gasteiger partial charge in [-0.1, -0.05) is 65.6 Å². The second-order valence-electron chi connectivity index (χ2n) is 5.21. The maximum atomic E-state index is 13.9. The van der Waals surface area contributed by atoms with Crippen LogP contribution in [0.15, 0.2) is 58.9 Å². The molecule has 3 rings (SSSR count). The molecule has 2 amide bonds. The van der Waals surface area contributed by atoms with Gasteiger partial charge >= 0.3 is 0 Å². The number of nitrogens with two attached hydrogens (primary N) is 1. The summed E-state index contributed by atoms with van der Waals surface area (Å²) < 4.78 is 14.4. The van der Waals surface area contributed by atoms with Gasteiger partial charge in [0.05, 0.1) is 11.3 Å². The van der Waals surface area contributed by atoms with Gasteiger partial charge in [0.15, 0.2) is 4.34 Å². The van der Waals surface area contributed by atoms with Crippen LogP contribution in [-0.2, 0) is 4.79 Å². The molecule has 0 aliphatic carbocycles. The highest BCUT2D eigenvalue weighted by Gasteiger charge is 2.18. The Kier molecular flexibility index (Phi) is 5.65. The summed E-state index contributed by atoms with van der Waals surface area (Å²) in [6.07, 6.45) is 0. The van der Waals surface area contributed by atoms with Crippen LogP contribution in [0.25, 0.3) is 11.3 Å². The van der Waals surface area contributed by atoms with Crippen LogP contribution in [0.3, 0.4) is 0 Å². The van der Waals surface area contributed by atoms with Gasteiger partial charge in [0, 0.05) is 5.56 Å². The number of rotatable bonds is 6. The number of halogens is 1. The van der Waals surface area contributed by atoms with Gasteiger partial charge in [0.2, 0.25) is 5.91 Å². The number of thiazole rings is 1. The molecule has 5 nitrogen and oxygen atoms in total. The first-order valence-corrected chi connectivity index (χ1v) is 9.38. The zero-order valence-corrected chi connectivity index (χ0v) is 15.1. The van der Waals surface area contributed by atoms with Crippen LogP contribution >= 0.6 is 23.1 Å². The SMILES string of the molecule is NC(=O)CSc1nc(-c2ccccc2)c(NC(=O)c2ccccc2F)s1. The second kappa shape index (κ2) is 8.11. The zero-order chi connectivity index (χ0) is 18.5. The smallest absolute Gasteiger partial charge is 0.259 e. The van der Waals surface area contributed by atoms with E-state index in [2.05, 4.69) is 10.3 Å². The van der Waals surface area contributed by atoms with Crippen molar-refractivity contribution in [3.63, 3.8) is 0 Å². The number of aromatic nitrogens is 1. The average Bonchev–Trinajstić information content (AvgIpc) is 3.04. The number of thioether (sulfide) groups is 1. The molecule has 1 heterocycles. The van der Waals surface area contributed by atoms with E-state index in [9.17, 15) is 14.0 Å². The van der Waals surface area contributed by atoms with E-state index in [1.54, 1.807) is 6.07 Å². The van der Waals surface area contributed by atoms with Crippen LogP contribution in [-0.4, -0.2) is 22.6 Å². The first-order valence-electron chi connectivity index (χ1n) is 7.58. The lowest BCUT2D eigenvalue weighted by molar-refractivity contribution is -0.115. The molecule has 1 aromatic heterocycles. The van der Waals surface area contributed by atoms with Crippen LogP contribution in [0.1, 0.15) is 10.4 Å². The van der Waals surface area contributed by atoms with Crippen molar-refractivity contribution in [1.82, 2.24) is 4.98 Å². The molecule has 0 aliphatic heterocycles. The van der Waals surface area contributed by atoms with E-state index < -0.39 is 17.6 Å². The highest BCUT2D eigenvalue weighted by atomic mass is 32.2. The number of primary amides is 1. The van der Waals surface area contributed by atoms with Crippen molar-refractivity contribution >= 4 is 39.9 Å². The summed E-state index contributed by atoms with van der Waals surface area (Å²) in [6.45, 7) is 0. The lowest BCUT2D eigenvalue weighted by Gasteiger charge is -2.06.